The van der Waals surface area contributed by atoms with Crippen molar-refractivity contribution in [2.75, 3.05) is 0 Å². The van der Waals surface area contributed by atoms with Gasteiger partial charge in [0.1, 0.15) is 12.3 Å². The van der Waals surface area contributed by atoms with E-state index in [9.17, 15) is 0 Å². The van der Waals surface area contributed by atoms with Crippen molar-refractivity contribution in [2.24, 2.45) is 4.99 Å². The fourth-order valence-electron chi connectivity index (χ4n) is 4.76. The molecule has 0 fully saturated rings. The quantitative estimate of drug-likeness (QED) is 0.471. The molecule has 0 saturated heterocycles. The number of hydrogen-bond acceptors (Lipinski definition) is 1. The van der Waals surface area contributed by atoms with Crippen LogP contribution in [0.2, 0.25) is 0 Å². The van der Waals surface area contributed by atoms with Crippen molar-refractivity contribution in [1.29, 1.82) is 0 Å². The fourth-order valence-corrected chi connectivity index (χ4v) is 4.76. The number of aliphatic imine (C=N–C) groups is 1. The first kappa shape index (κ1) is 22.3. The minimum atomic E-state index is -1.22. The average Bonchev–Trinajstić information content (AvgIpc) is 3.32. The zero-order valence-electron chi connectivity index (χ0n) is 19.0. The van der Waals surface area contributed by atoms with E-state index in [-0.39, 0.29) is 0 Å². The predicted molar refractivity (Wildman–Crippen MR) is 143 cm³/mol. The molecule has 1 heterocycles. The molecule has 33 heavy (non-hydrogen) atoms. The topological polar surface area (TPSA) is 16.8 Å². The van der Waals surface area contributed by atoms with Crippen molar-refractivity contribution in [3.8, 4) is 0 Å². The van der Waals surface area contributed by atoms with Gasteiger partial charge in [-0.3, -0.25) is 0 Å². The van der Waals surface area contributed by atoms with Crippen LogP contribution in [0.5, 0.6) is 0 Å². The summed E-state index contributed by atoms with van der Waals surface area (Å²) in [6.45, 7) is 5.59. The van der Waals surface area contributed by atoms with Gasteiger partial charge in [-0.1, -0.05) is 121 Å². The van der Waals surface area contributed by atoms with Crippen LogP contribution in [0.4, 0.5) is 0 Å². The largest absolute Gasteiger partial charge is 0.237 e. The molecule has 1 aliphatic heterocycles. The molecule has 0 radical (unpaired) electrons. The zero-order valence-corrected chi connectivity index (χ0v) is 19.0. The van der Waals surface area contributed by atoms with Gasteiger partial charge in [0.25, 0.3) is 0 Å². The van der Waals surface area contributed by atoms with Crippen molar-refractivity contribution >= 4 is 33.8 Å². The van der Waals surface area contributed by atoms with E-state index in [2.05, 4.69) is 133 Å². The van der Waals surface area contributed by atoms with E-state index in [1.807, 2.05) is 19.3 Å². The van der Waals surface area contributed by atoms with Crippen LogP contribution >= 0.6 is 0 Å². The smallest absolute Gasteiger partial charge is 0.207 e. The summed E-state index contributed by atoms with van der Waals surface area (Å²) in [5.41, 5.74) is 5.36. The van der Waals surface area contributed by atoms with Gasteiger partial charge in [-0.25, -0.2) is 9.89 Å². The Labute approximate surface area is 197 Å². The van der Waals surface area contributed by atoms with Gasteiger partial charge in [-0.15, -0.1) is 0 Å². The third-order valence-corrected chi connectivity index (χ3v) is 6.36. The van der Waals surface area contributed by atoms with Gasteiger partial charge < -0.3 is 0 Å². The Bertz CT molecular complexity index is 1050. The maximum absolute atomic E-state index is 4.02. The third-order valence-electron chi connectivity index (χ3n) is 6.36. The number of benzene rings is 4. The van der Waals surface area contributed by atoms with Gasteiger partial charge in [-0.05, 0) is 6.58 Å². The second-order valence-electron chi connectivity index (χ2n) is 8.20. The third kappa shape index (κ3) is 4.64. The average molecular weight is 428 g/mol. The van der Waals surface area contributed by atoms with Gasteiger partial charge in [0, 0.05) is 6.92 Å². The van der Waals surface area contributed by atoms with Crippen molar-refractivity contribution in [1.82, 2.24) is 0 Å². The van der Waals surface area contributed by atoms with Crippen molar-refractivity contribution in [3.63, 3.8) is 0 Å². The van der Waals surface area contributed by atoms with Crippen molar-refractivity contribution < 1.29 is 4.90 Å². The fraction of sp³-hybridized carbons (Fsp3) is 0.0333. The van der Waals surface area contributed by atoms with Gasteiger partial charge in [-0.2, -0.15) is 21.9 Å². The van der Waals surface area contributed by atoms with Crippen LogP contribution in [0.25, 0.3) is 0 Å². The first-order valence-electron chi connectivity index (χ1n) is 11.3. The maximum Gasteiger partial charge on any atom is 0.207 e. The summed E-state index contributed by atoms with van der Waals surface area (Å²) in [7, 11) is 0. The molecule has 0 saturated carbocycles. The van der Waals surface area contributed by atoms with E-state index < -0.39 is 6.15 Å². The molecule has 2 nitrogen and oxygen atoms in total. The molecular formula is C30H29BN2. The summed E-state index contributed by atoms with van der Waals surface area (Å²) >= 11 is 0. The molecular weight excluding hydrogens is 399 g/mol. The highest BCUT2D eigenvalue weighted by molar-refractivity contribution is 7.19. The molecule has 4 aromatic rings. The Morgan fingerprint density at radius 2 is 0.939 bits per heavy atom. The Kier molecular flexibility index (Phi) is 7.14. The molecule has 4 aromatic carbocycles. The summed E-state index contributed by atoms with van der Waals surface area (Å²) in [5.74, 6) is 1.06. The molecule has 0 bridgehead atoms. The highest BCUT2D eigenvalue weighted by atomic mass is 15.2. The van der Waals surface area contributed by atoms with E-state index in [4.69, 9.17) is 0 Å². The zero-order chi connectivity index (χ0) is 22.9. The lowest BCUT2D eigenvalue weighted by Crippen LogP contribution is -3.04. The molecule has 1 unspecified atom stereocenters. The highest BCUT2D eigenvalue weighted by Gasteiger charge is 2.30. The minimum Gasteiger partial charge on any atom is -0.237 e. The molecule has 1 N–H and O–H groups in total. The molecule has 5 rings (SSSR count). The van der Waals surface area contributed by atoms with Crippen LogP contribution in [0.15, 0.2) is 151 Å². The van der Waals surface area contributed by atoms with Crippen LogP contribution in [-0.2, 0) is 0 Å². The monoisotopic (exact) mass is 428 g/mol. The molecule has 1 atom stereocenters. The molecule has 3 heteroatoms. The van der Waals surface area contributed by atoms with Crippen LogP contribution in [0.1, 0.15) is 6.92 Å². The number of nitrogens with one attached hydrogen (secondary N) is 1. The Morgan fingerprint density at radius 3 is 1.15 bits per heavy atom. The van der Waals surface area contributed by atoms with Crippen molar-refractivity contribution in [2.45, 2.75) is 6.92 Å². The molecule has 162 valence electrons. The second kappa shape index (κ2) is 10.6. The van der Waals surface area contributed by atoms with Gasteiger partial charge >= 0.3 is 0 Å². The standard InChI is InChI=1S/C24H20B.C6H8N2/c1-5-13-21(14-6-1)25(22-15-7-2-8-16-22,23-17-9-3-10-18-23)24-19-11-4-12-20-24;1-3-8-5-4-7-6(8)2/h1-20H;3-5H,1H2,2H3/q-1;/p+1. The van der Waals surface area contributed by atoms with Crippen molar-refractivity contribution in [3.05, 3.63) is 147 Å². The number of quaternary nitrogens is 1. The molecule has 0 aromatic heterocycles. The van der Waals surface area contributed by atoms with E-state index >= 15 is 0 Å². The molecule has 0 aliphatic carbocycles. The SMILES string of the molecule is C=C[NH+]1C=CN=C1C.c1ccc([B-](c2ccccc2)(c2ccccc2)c2ccccc2)cc1. The van der Waals surface area contributed by atoms with Crippen LogP contribution < -0.4 is 26.8 Å². The van der Waals surface area contributed by atoms with E-state index in [1.165, 1.54) is 21.9 Å². The van der Waals surface area contributed by atoms with E-state index in [0.717, 1.165) is 10.7 Å². The summed E-state index contributed by atoms with van der Waals surface area (Å²) < 4.78 is 0. The predicted octanol–water partition coefficient (Wildman–Crippen LogP) is 2.98. The van der Waals surface area contributed by atoms with Crippen LogP contribution in [0, 0.1) is 0 Å². The maximum atomic E-state index is 4.02. The Balaban J connectivity index is 0.000000275. The minimum absolute atomic E-state index is 1.06. The number of rotatable bonds is 5. The van der Waals surface area contributed by atoms with Crippen LogP contribution in [-0.4, -0.2) is 12.0 Å². The van der Waals surface area contributed by atoms with Crippen LogP contribution in [0.3, 0.4) is 0 Å². The van der Waals surface area contributed by atoms with Gasteiger partial charge in [0.05, 0.1) is 12.4 Å². The summed E-state index contributed by atoms with van der Waals surface area (Å²) in [4.78, 5) is 5.15. The molecule has 1 aliphatic rings. The Hall–Kier alpha value is -3.95. The molecule has 0 spiro atoms. The summed E-state index contributed by atoms with van der Waals surface area (Å²) in [6.07, 6.45) is 4.32. The van der Waals surface area contributed by atoms with Gasteiger partial charge in [0.15, 0.2) is 0 Å². The lowest BCUT2D eigenvalue weighted by molar-refractivity contribution is -0.680. The second-order valence-corrected chi connectivity index (χ2v) is 8.20. The Morgan fingerprint density at radius 1 is 0.606 bits per heavy atom. The first-order valence-corrected chi connectivity index (χ1v) is 11.3. The first-order chi connectivity index (χ1) is 16.3. The number of nitrogens with zero attached hydrogens (tertiary/aromatic N) is 1. The lowest BCUT2D eigenvalue weighted by Gasteiger charge is -2.44. The number of amidine groups is 1. The van der Waals surface area contributed by atoms with E-state index in [0.29, 0.717) is 0 Å². The normalized spacial score (nSPS) is 14.7. The summed E-state index contributed by atoms with van der Waals surface area (Å²) in [6, 6.07) is 43.5. The van der Waals surface area contributed by atoms with Gasteiger partial charge in [0.2, 0.25) is 5.84 Å². The lowest BCUT2D eigenvalue weighted by atomic mass is 9.13. The number of hydrogen-bond donors (Lipinski definition) is 1. The summed E-state index contributed by atoms with van der Waals surface area (Å²) in [5, 5.41) is 0. The van der Waals surface area contributed by atoms with E-state index in [1.54, 1.807) is 6.20 Å². The highest BCUT2D eigenvalue weighted by Crippen LogP contribution is 2.09. The molecule has 0 amide bonds.